The summed E-state index contributed by atoms with van der Waals surface area (Å²) in [7, 11) is 0. The predicted molar refractivity (Wildman–Crippen MR) is 45.2 cm³/mol. The van der Waals surface area contributed by atoms with Gasteiger partial charge in [0.1, 0.15) is 18.3 Å². The summed E-state index contributed by atoms with van der Waals surface area (Å²) < 4.78 is 4.70. The quantitative estimate of drug-likeness (QED) is 0.322. The van der Waals surface area contributed by atoms with Crippen LogP contribution in [-0.4, -0.2) is 57.7 Å². The van der Waals surface area contributed by atoms with Crippen molar-refractivity contribution in [2.75, 3.05) is 6.61 Å². The molecule has 7 heteroatoms. The normalized spacial score (nSPS) is 45.5. The van der Waals surface area contributed by atoms with Gasteiger partial charge in [0.05, 0.1) is 12.6 Å². The standard InChI is InChI=1S/C6H13NO5.ClH/c7-3-5(10)4(9)2(1-8)12-6(3)11;/h2-6,8-11H,1,7H2;1H/t2-,3-,4-,5+,6+;/m1./s1. The van der Waals surface area contributed by atoms with Crippen molar-refractivity contribution in [1.29, 1.82) is 0 Å². The summed E-state index contributed by atoms with van der Waals surface area (Å²) >= 11 is 0. The Kier molecular flexibility index (Phi) is 5.08. The lowest BCUT2D eigenvalue weighted by molar-refractivity contribution is -0.248. The molecule has 0 aromatic rings. The van der Waals surface area contributed by atoms with E-state index in [2.05, 4.69) is 0 Å². The molecule has 0 bridgehead atoms. The largest absolute Gasteiger partial charge is 0.394 e. The van der Waals surface area contributed by atoms with Crippen LogP contribution in [0.3, 0.4) is 0 Å². The lowest BCUT2D eigenvalue weighted by Crippen LogP contribution is -2.61. The molecule has 1 aliphatic heterocycles. The van der Waals surface area contributed by atoms with Gasteiger partial charge in [-0.15, -0.1) is 12.4 Å². The number of aliphatic hydroxyl groups is 4. The minimum Gasteiger partial charge on any atom is -0.394 e. The average Bonchev–Trinajstić information content (AvgIpc) is 2.08. The molecule has 0 aromatic heterocycles. The Morgan fingerprint density at radius 1 is 1.15 bits per heavy atom. The van der Waals surface area contributed by atoms with E-state index in [1.165, 1.54) is 0 Å². The van der Waals surface area contributed by atoms with Crippen molar-refractivity contribution in [2.45, 2.75) is 30.6 Å². The van der Waals surface area contributed by atoms with Gasteiger partial charge in [-0.1, -0.05) is 0 Å². The van der Waals surface area contributed by atoms with Crippen molar-refractivity contribution in [3.05, 3.63) is 0 Å². The fourth-order valence-electron chi connectivity index (χ4n) is 1.12. The summed E-state index contributed by atoms with van der Waals surface area (Å²) in [6, 6.07) is -1.04. The van der Waals surface area contributed by atoms with Gasteiger partial charge in [0.25, 0.3) is 0 Å². The summed E-state index contributed by atoms with van der Waals surface area (Å²) in [5.74, 6) is 0. The molecule has 13 heavy (non-hydrogen) atoms. The van der Waals surface area contributed by atoms with Crippen LogP contribution in [0.4, 0.5) is 0 Å². The summed E-state index contributed by atoms with van der Waals surface area (Å²) in [5.41, 5.74) is 5.26. The van der Waals surface area contributed by atoms with Gasteiger partial charge in [-0.25, -0.2) is 0 Å². The number of hydrogen-bond acceptors (Lipinski definition) is 6. The Morgan fingerprint density at radius 3 is 2.15 bits per heavy atom. The molecule has 80 valence electrons. The highest BCUT2D eigenvalue weighted by atomic mass is 35.5. The maximum Gasteiger partial charge on any atom is 0.173 e. The molecule has 0 aliphatic carbocycles. The van der Waals surface area contributed by atoms with E-state index < -0.39 is 37.3 Å². The van der Waals surface area contributed by atoms with Crippen LogP contribution in [0.5, 0.6) is 0 Å². The number of ether oxygens (including phenoxy) is 1. The molecule has 1 saturated heterocycles. The van der Waals surface area contributed by atoms with Crippen LogP contribution in [0.25, 0.3) is 0 Å². The molecule has 5 atom stereocenters. The van der Waals surface area contributed by atoms with Crippen molar-refractivity contribution >= 4 is 12.4 Å². The van der Waals surface area contributed by atoms with Crippen LogP contribution < -0.4 is 5.73 Å². The van der Waals surface area contributed by atoms with Crippen molar-refractivity contribution in [1.82, 2.24) is 0 Å². The van der Waals surface area contributed by atoms with Crippen molar-refractivity contribution in [3.63, 3.8) is 0 Å². The number of nitrogens with two attached hydrogens (primary N) is 1. The maximum absolute atomic E-state index is 9.20. The van der Waals surface area contributed by atoms with Gasteiger partial charge >= 0.3 is 0 Å². The first-order chi connectivity index (χ1) is 5.57. The lowest BCUT2D eigenvalue weighted by atomic mass is 9.98. The lowest BCUT2D eigenvalue weighted by Gasteiger charge is -2.38. The number of aliphatic hydroxyl groups excluding tert-OH is 4. The van der Waals surface area contributed by atoms with E-state index in [4.69, 9.17) is 20.7 Å². The summed E-state index contributed by atoms with van der Waals surface area (Å²) in [4.78, 5) is 0. The average molecular weight is 216 g/mol. The molecule has 0 amide bonds. The Morgan fingerprint density at radius 2 is 1.69 bits per heavy atom. The minimum atomic E-state index is -1.35. The minimum absolute atomic E-state index is 0. The van der Waals surface area contributed by atoms with Crippen molar-refractivity contribution in [3.8, 4) is 0 Å². The van der Waals surface area contributed by atoms with Crippen molar-refractivity contribution in [2.24, 2.45) is 5.73 Å². The highest BCUT2D eigenvalue weighted by molar-refractivity contribution is 5.85. The second-order valence-electron chi connectivity index (χ2n) is 2.81. The van der Waals surface area contributed by atoms with Gasteiger partial charge in [-0.3, -0.25) is 0 Å². The smallest absolute Gasteiger partial charge is 0.173 e. The van der Waals surface area contributed by atoms with E-state index in [0.29, 0.717) is 0 Å². The first-order valence-corrected chi connectivity index (χ1v) is 3.64. The highest BCUT2D eigenvalue weighted by Gasteiger charge is 2.41. The third-order valence-corrected chi connectivity index (χ3v) is 1.95. The van der Waals surface area contributed by atoms with E-state index in [0.717, 1.165) is 0 Å². The first-order valence-electron chi connectivity index (χ1n) is 3.64. The van der Waals surface area contributed by atoms with Crippen LogP contribution in [0, 0.1) is 0 Å². The summed E-state index contributed by atoms with van der Waals surface area (Å²) in [5, 5.41) is 36.1. The van der Waals surface area contributed by atoms with Crippen LogP contribution in [0.2, 0.25) is 0 Å². The van der Waals surface area contributed by atoms with Crippen molar-refractivity contribution < 1.29 is 25.2 Å². The van der Waals surface area contributed by atoms with Crippen LogP contribution in [-0.2, 0) is 4.74 Å². The second-order valence-corrected chi connectivity index (χ2v) is 2.81. The summed E-state index contributed by atoms with van der Waals surface area (Å²) in [6.45, 7) is -0.470. The fourth-order valence-corrected chi connectivity index (χ4v) is 1.12. The molecule has 0 aromatic carbocycles. The zero-order valence-electron chi connectivity index (χ0n) is 6.78. The van der Waals surface area contributed by atoms with Gasteiger partial charge in [-0.2, -0.15) is 0 Å². The molecule has 0 unspecified atom stereocenters. The van der Waals surface area contributed by atoms with Gasteiger partial charge in [0.2, 0.25) is 0 Å². The van der Waals surface area contributed by atoms with Crippen LogP contribution in [0.15, 0.2) is 0 Å². The molecule has 6 N–H and O–H groups in total. The Hall–Kier alpha value is 0.0500. The number of hydrogen-bond donors (Lipinski definition) is 5. The molecule has 1 rings (SSSR count). The van der Waals surface area contributed by atoms with Gasteiger partial charge in [-0.05, 0) is 0 Å². The molecular formula is C6H14ClNO5. The summed E-state index contributed by atoms with van der Waals surface area (Å²) in [6.07, 6.45) is -4.85. The monoisotopic (exact) mass is 215 g/mol. The molecule has 6 nitrogen and oxygen atoms in total. The molecular weight excluding hydrogens is 202 g/mol. The highest BCUT2D eigenvalue weighted by Crippen LogP contribution is 2.17. The molecule has 1 aliphatic rings. The molecule has 1 heterocycles. The van der Waals surface area contributed by atoms with E-state index in [-0.39, 0.29) is 12.4 Å². The Labute approximate surface area is 81.3 Å². The SMILES string of the molecule is Cl.N[C@@H]1[C@H](O)[C@H](O)[C@@H](CO)O[C@@H]1O. The molecule has 0 spiro atoms. The Balaban J connectivity index is 0.00000144. The Bertz CT molecular complexity index is 155. The van der Waals surface area contributed by atoms with Crippen LogP contribution >= 0.6 is 12.4 Å². The zero-order chi connectivity index (χ0) is 9.30. The van der Waals surface area contributed by atoms with E-state index in [1.54, 1.807) is 0 Å². The van der Waals surface area contributed by atoms with E-state index >= 15 is 0 Å². The molecule has 1 fully saturated rings. The third kappa shape index (κ3) is 2.50. The molecule has 0 radical (unpaired) electrons. The predicted octanol–water partition coefficient (Wildman–Crippen LogP) is -2.83. The first kappa shape index (κ1) is 13.1. The van der Waals surface area contributed by atoms with Gasteiger partial charge in [0.15, 0.2) is 6.29 Å². The topological polar surface area (TPSA) is 116 Å². The van der Waals surface area contributed by atoms with E-state index in [9.17, 15) is 10.2 Å². The van der Waals surface area contributed by atoms with Gasteiger partial charge in [0, 0.05) is 0 Å². The zero-order valence-corrected chi connectivity index (χ0v) is 7.59. The van der Waals surface area contributed by atoms with E-state index in [1.807, 2.05) is 0 Å². The number of halogens is 1. The third-order valence-electron chi connectivity index (χ3n) is 1.95. The second kappa shape index (κ2) is 5.06. The fraction of sp³-hybridized carbons (Fsp3) is 1.00. The van der Waals surface area contributed by atoms with Crippen LogP contribution in [0.1, 0.15) is 0 Å². The number of rotatable bonds is 1. The maximum atomic E-state index is 9.20. The van der Waals surface area contributed by atoms with Gasteiger partial charge < -0.3 is 30.9 Å². The molecule has 0 saturated carbocycles.